The summed E-state index contributed by atoms with van der Waals surface area (Å²) in [4.78, 5) is 10.6. The Morgan fingerprint density at radius 2 is 2.06 bits per heavy atom. The Bertz CT molecular complexity index is 407. The zero-order chi connectivity index (χ0) is 13.8. The van der Waals surface area contributed by atoms with Crippen LogP contribution in [0.15, 0.2) is 24.3 Å². The molecule has 1 aromatic carbocycles. The third kappa shape index (κ3) is 4.75. The molecule has 0 amide bonds. The van der Waals surface area contributed by atoms with Crippen molar-refractivity contribution in [3.05, 3.63) is 29.8 Å². The highest BCUT2D eigenvalue weighted by Crippen LogP contribution is 2.21. The third-order valence-corrected chi connectivity index (χ3v) is 2.66. The zero-order valence-corrected chi connectivity index (χ0v) is 11.0. The van der Waals surface area contributed by atoms with Crippen LogP contribution in [0, 0.1) is 5.41 Å². The first-order valence-electron chi connectivity index (χ1n) is 5.90. The number of carboxylic acid groups (broad SMARTS) is 1. The number of hydrogen-bond acceptors (Lipinski definition) is 3. The van der Waals surface area contributed by atoms with Crippen LogP contribution in [0.25, 0.3) is 0 Å². The molecule has 0 bridgehead atoms. The first kappa shape index (κ1) is 14.5. The lowest BCUT2D eigenvalue weighted by Gasteiger charge is -2.25. The first-order valence-corrected chi connectivity index (χ1v) is 5.90. The van der Waals surface area contributed by atoms with E-state index in [1.165, 1.54) is 0 Å². The highest BCUT2D eigenvalue weighted by molar-refractivity contribution is 5.70. The number of aliphatic hydroxyl groups excluding tert-OH is 1. The SMILES string of the molecule is CC(C)(C)C(O)COc1cccc(CC(=O)O)c1. The van der Waals surface area contributed by atoms with Crippen molar-refractivity contribution in [3.8, 4) is 5.75 Å². The van der Waals surface area contributed by atoms with Gasteiger partial charge in [0.2, 0.25) is 0 Å². The average Bonchev–Trinajstić information content (AvgIpc) is 2.24. The van der Waals surface area contributed by atoms with Crippen LogP contribution in [0.1, 0.15) is 26.3 Å². The minimum Gasteiger partial charge on any atom is -0.491 e. The molecule has 0 aliphatic heterocycles. The second-order valence-electron chi connectivity index (χ2n) is 5.41. The van der Waals surface area contributed by atoms with E-state index in [4.69, 9.17) is 9.84 Å². The number of aliphatic carboxylic acids is 1. The Balaban J connectivity index is 2.60. The van der Waals surface area contributed by atoms with Crippen molar-refractivity contribution in [3.63, 3.8) is 0 Å². The standard InChI is InChI=1S/C14H20O4/c1-14(2,3)12(15)9-18-11-6-4-5-10(7-11)8-13(16)17/h4-7,12,15H,8-9H2,1-3H3,(H,16,17). The highest BCUT2D eigenvalue weighted by Gasteiger charge is 2.22. The van der Waals surface area contributed by atoms with E-state index in [1.54, 1.807) is 24.3 Å². The number of aliphatic hydroxyl groups is 1. The van der Waals surface area contributed by atoms with Crippen molar-refractivity contribution >= 4 is 5.97 Å². The van der Waals surface area contributed by atoms with Gasteiger partial charge in [0.05, 0.1) is 12.5 Å². The van der Waals surface area contributed by atoms with Gasteiger partial charge in [-0.05, 0) is 23.1 Å². The van der Waals surface area contributed by atoms with Gasteiger partial charge in [0.25, 0.3) is 0 Å². The van der Waals surface area contributed by atoms with Gasteiger partial charge in [-0.15, -0.1) is 0 Å². The molecule has 100 valence electrons. The smallest absolute Gasteiger partial charge is 0.307 e. The van der Waals surface area contributed by atoms with Gasteiger partial charge in [-0.1, -0.05) is 32.9 Å². The number of carboxylic acids is 1. The summed E-state index contributed by atoms with van der Waals surface area (Å²) in [6, 6.07) is 6.92. The normalized spacial score (nSPS) is 13.1. The van der Waals surface area contributed by atoms with E-state index in [2.05, 4.69) is 0 Å². The maximum Gasteiger partial charge on any atom is 0.307 e. The van der Waals surface area contributed by atoms with E-state index in [1.807, 2.05) is 20.8 Å². The minimum absolute atomic E-state index is 0.0287. The topological polar surface area (TPSA) is 66.8 Å². The van der Waals surface area contributed by atoms with Gasteiger partial charge in [0, 0.05) is 0 Å². The number of benzene rings is 1. The van der Waals surface area contributed by atoms with E-state index in [0.29, 0.717) is 11.3 Å². The van der Waals surface area contributed by atoms with Crippen LogP contribution in [-0.2, 0) is 11.2 Å². The van der Waals surface area contributed by atoms with Crippen LogP contribution in [-0.4, -0.2) is 28.9 Å². The predicted octanol–water partition coefficient (Wildman–Crippen LogP) is 2.10. The van der Waals surface area contributed by atoms with Gasteiger partial charge >= 0.3 is 5.97 Å². The molecule has 0 aliphatic rings. The van der Waals surface area contributed by atoms with Crippen molar-refractivity contribution in [1.82, 2.24) is 0 Å². The van der Waals surface area contributed by atoms with Gasteiger partial charge in [-0.3, -0.25) is 4.79 Å². The molecule has 0 saturated carbocycles. The van der Waals surface area contributed by atoms with Crippen LogP contribution in [0.2, 0.25) is 0 Å². The highest BCUT2D eigenvalue weighted by atomic mass is 16.5. The second kappa shape index (κ2) is 5.87. The number of carbonyl (C=O) groups is 1. The fourth-order valence-corrected chi connectivity index (χ4v) is 1.35. The molecular weight excluding hydrogens is 232 g/mol. The maximum absolute atomic E-state index is 10.6. The molecule has 1 rings (SSSR count). The van der Waals surface area contributed by atoms with Crippen LogP contribution < -0.4 is 4.74 Å². The monoisotopic (exact) mass is 252 g/mol. The molecule has 1 atom stereocenters. The minimum atomic E-state index is -0.873. The van der Waals surface area contributed by atoms with Crippen molar-refractivity contribution < 1.29 is 19.7 Å². The Morgan fingerprint density at radius 3 is 2.61 bits per heavy atom. The molecule has 4 nitrogen and oxygen atoms in total. The Hall–Kier alpha value is -1.55. The molecule has 0 aromatic heterocycles. The molecule has 0 spiro atoms. The fourth-order valence-electron chi connectivity index (χ4n) is 1.35. The number of ether oxygens (including phenoxy) is 1. The van der Waals surface area contributed by atoms with Crippen LogP contribution in [0.3, 0.4) is 0 Å². The van der Waals surface area contributed by atoms with E-state index < -0.39 is 12.1 Å². The van der Waals surface area contributed by atoms with Gasteiger partial charge < -0.3 is 14.9 Å². The molecule has 0 radical (unpaired) electrons. The van der Waals surface area contributed by atoms with Crippen molar-refractivity contribution in [2.24, 2.45) is 5.41 Å². The molecule has 18 heavy (non-hydrogen) atoms. The molecule has 1 unspecified atom stereocenters. The van der Waals surface area contributed by atoms with Crippen LogP contribution in [0.5, 0.6) is 5.75 Å². The van der Waals surface area contributed by atoms with Gasteiger partial charge in [-0.25, -0.2) is 0 Å². The molecule has 0 heterocycles. The molecular formula is C14H20O4. The fraction of sp³-hybridized carbons (Fsp3) is 0.500. The lowest BCUT2D eigenvalue weighted by molar-refractivity contribution is -0.136. The summed E-state index contributed by atoms with van der Waals surface area (Å²) in [6.07, 6.45) is -0.598. The van der Waals surface area contributed by atoms with Gasteiger partial charge in [0.1, 0.15) is 12.4 Å². The van der Waals surface area contributed by atoms with Crippen LogP contribution >= 0.6 is 0 Å². The average molecular weight is 252 g/mol. The summed E-state index contributed by atoms with van der Waals surface area (Å²) < 4.78 is 5.47. The Labute approximate surface area is 107 Å². The lowest BCUT2D eigenvalue weighted by atomic mass is 9.90. The molecule has 4 heteroatoms. The van der Waals surface area contributed by atoms with Crippen molar-refractivity contribution in [2.75, 3.05) is 6.61 Å². The second-order valence-corrected chi connectivity index (χ2v) is 5.41. The molecule has 0 aliphatic carbocycles. The summed E-state index contributed by atoms with van der Waals surface area (Å²) in [5.74, 6) is -0.293. The summed E-state index contributed by atoms with van der Waals surface area (Å²) >= 11 is 0. The number of rotatable bonds is 5. The molecule has 2 N–H and O–H groups in total. The molecule has 0 fully saturated rings. The van der Waals surface area contributed by atoms with E-state index in [0.717, 1.165) is 0 Å². The van der Waals surface area contributed by atoms with Crippen molar-refractivity contribution in [1.29, 1.82) is 0 Å². The van der Waals surface area contributed by atoms with Crippen molar-refractivity contribution in [2.45, 2.75) is 33.3 Å². The van der Waals surface area contributed by atoms with Gasteiger partial charge in [0.15, 0.2) is 0 Å². The summed E-state index contributed by atoms with van der Waals surface area (Å²) in [6.45, 7) is 5.99. The quantitative estimate of drug-likeness (QED) is 0.842. The summed E-state index contributed by atoms with van der Waals surface area (Å²) in [5.41, 5.74) is 0.448. The van der Waals surface area contributed by atoms with Gasteiger partial charge in [-0.2, -0.15) is 0 Å². The van der Waals surface area contributed by atoms with E-state index >= 15 is 0 Å². The van der Waals surface area contributed by atoms with E-state index in [-0.39, 0.29) is 18.4 Å². The molecule has 0 saturated heterocycles. The Morgan fingerprint density at radius 1 is 1.39 bits per heavy atom. The summed E-state index contributed by atoms with van der Waals surface area (Å²) in [7, 11) is 0. The maximum atomic E-state index is 10.6. The Kier molecular flexibility index (Phi) is 4.73. The zero-order valence-electron chi connectivity index (χ0n) is 11.0. The predicted molar refractivity (Wildman–Crippen MR) is 68.7 cm³/mol. The first-order chi connectivity index (χ1) is 8.29. The third-order valence-electron chi connectivity index (χ3n) is 2.66. The largest absolute Gasteiger partial charge is 0.491 e. The molecule has 1 aromatic rings. The van der Waals surface area contributed by atoms with Crippen LogP contribution in [0.4, 0.5) is 0 Å². The summed E-state index contributed by atoms with van der Waals surface area (Å²) in [5, 5.41) is 18.5. The van der Waals surface area contributed by atoms with E-state index in [9.17, 15) is 9.90 Å². The lowest BCUT2D eigenvalue weighted by Crippen LogP contribution is -2.31. The number of hydrogen-bond donors (Lipinski definition) is 2.